The first-order chi connectivity index (χ1) is 17.0. The molecule has 5 rings (SSSR count). The lowest BCUT2D eigenvalue weighted by Gasteiger charge is -2.09. The maximum Gasteiger partial charge on any atom is 0.273 e. The Balaban J connectivity index is 1.37. The van der Waals surface area contributed by atoms with Crippen molar-refractivity contribution in [3.05, 3.63) is 88.9 Å². The van der Waals surface area contributed by atoms with E-state index in [1.807, 2.05) is 56.3 Å². The smallest absolute Gasteiger partial charge is 0.273 e. The molecule has 0 aliphatic heterocycles. The largest absolute Gasteiger partial charge is 0.494 e. The summed E-state index contributed by atoms with van der Waals surface area (Å²) in [5.41, 5.74) is 5.62. The molecule has 1 amide bonds. The number of aryl methyl sites for hydroxylation is 2. The van der Waals surface area contributed by atoms with Crippen molar-refractivity contribution >= 4 is 34.5 Å². The zero-order valence-corrected chi connectivity index (χ0v) is 19.4. The molecule has 0 bridgehead atoms. The Morgan fingerprint density at radius 3 is 2.83 bits per heavy atom. The Hall–Kier alpha value is -4.66. The first-order valence-electron chi connectivity index (χ1n) is 11.3. The molecule has 0 aliphatic rings. The van der Waals surface area contributed by atoms with Crippen LogP contribution in [0.3, 0.4) is 0 Å². The van der Waals surface area contributed by atoms with E-state index in [1.54, 1.807) is 29.2 Å². The fraction of sp³-hybridized carbons (Fsp3) is 0.154. The molecule has 3 aromatic heterocycles. The number of hydrogen-bond donors (Lipinski definition) is 4. The quantitative estimate of drug-likeness (QED) is 0.259. The van der Waals surface area contributed by atoms with Crippen LogP contribution in [0.25, 0.3) is 10.9 Å². The van der Waals surface area contributed by atoms with Gasteiger partial charge in [0, 0.05) is 35.4 Å². The highest BCUT2D eigenvalue weighted by Gasteiger charge is 2.14. The first-order valence-corrected chi connectivity index (χ1v) is 11.3. The van der Waals surface area contributed by atoms with Gasteiger partial charge in [-0.15, -0.1) is 0 Å². The Kier molecular flexibility index (Phi) is 5.88. The van der Waals surface area contributed by atoms with Crippen LogP contribution in [0.5, 0.6) is 5.88 Å². The Morgan fingerprint density at radius 1 is 1.17 bits per heavy atom. The van der Waals surface area contributed by atoms with E-state index in [-0.39, 0.29) is 11.8 Å². The SMILES string of the molecule is CCn1nc(C)cc1C(=O)Nc1cccc(Cc2ccc3[nH]c(O)c(/C=N/c4ccn[nH]4)c3c2)c1. The number of rotatable bonds is 7. The van der Waals surface area contributed by atoms with E-state index in [0.717, 1.165) is 33.4 Å². The minimum absolute atomic E-state index is 0.0617. The Bertz CT molecular complexity index is 1530. The number of aromatic nitrogens is 5. The van der Waals surface area contributed by atoms with Gasteiger partial charge in [0.1, 0.15) is 11.5 Å². The number of amides is 1. The number of carbonyl (C=O) groups is 1. The van der Waals surface area contributed by atoms with E-state index >= 15 is 0 Å². The Morgan fingerprint density at radius 2 is 2.03 bits per heavy atom. The minimum atomic E-state index is -0.185. The number of nitrogens with zero attached hydrogens (tertiary/aromatic N) is 4. The second kappa shape index (κ2) is 9.30. The number of nitrogens with one attached hydrogen (secondary N) is 3. The van der Waals surface area contributed by atoms with Gasteiger partial charge in [0.25, 0.3) is 5.91 Å². The lowest BCUT2D eigenvalue weighted by molar-refractivity contribution is 0.101. The average molecular weight is 468 g/mol. The molecule has 0 saturated heterocycles. The van der Waals surface area contributed by atoms with Crippen LogP contribution in [0.4, 0.5) is 11.5 Å². The van der Waals surface area contributed by atoms with Crippen molar-refractivity contribution < 1.29 is 9.90 Å². The van der Waals surface area contributed by atoms with Crippen LogP contribution >= 0.6 is 0 Å². The molecular weight excluding hydrogens is 442 g/mol. The molecule has 0 radical (unpaired) electrons. The molecule has 176 valence electrons. The van der Waals surface area contributed by atoms with E-state index in [1.165, 1.54) is 0 Å². The third kappa shape index (κ3) is 4.70. The molecule has 0 aliphatic carbocycles. The van der Waals surface area contributed by atoms with Crippen LogP contribution in [-0.2, 0) is 13.0 Å². The molecule has 0 spiro atoms. The number of carbonyl (C=O) groups excluding carboxylic acids is 1. The highest BCUT2D eigenvalue weighted by atomic mass is 16.3. The number of aromatic hydroxyl groups is 1. The van der Waals surface area contributed by atoms with E-state index in [4.69, 9.17) is 0 Å². The van der Waals surface area contributed by atoms with Crippen LogP contribution in [0.1, 0.15) is 39.8 Å². The van der Waals surface area contributed by atoms with E-state index in [0.29, 0.717) is 30.0 Å². The summed E-state index contributed by atoms with van der Waals surface area (Å²) in [6.45, 7) is 4.46. The molecule has 9 nitrogen and oxygen atoms in total. The molecular formula is C26H25N7O2. The van der Waals surface area contributed by atoms with Crippen LogP contribution in [0.15, 0.2) is 65.8 Å². The number of H-pyrrole nitrogens is 2. The average Bonchev–Trinajstić information content (AvgIpc) is 3.56. The van der Waals surface area contributed by atoms with Crippen LogP contribution in [0.2, 0.25) is 0 Å². The molecule has 0 fully saturated rings. The van der Waals surface area contributed by atoms with Gasteiger partial charge in [-0.2, -0.15) is 10.2 Å². The third-order valence-electron chi connectivity index (χ3n) is 5.73. The van der Waals surface area contributed by atoms with Gasteiger partial charge in [0.2, 0.25) is 0 Å². The molecule has 2 aromatic carbocycles. The van der Waals surface area contributed by atoms with Crippen molar-refractivity contribution in [2.75, 3.05) is 5.32 Å². The topological polar surface area (TPSA) is 124 Å². The predicted molar refractivity (Wildman–Crippen MR) is 136 cm³/mol. The fourth-order valence-electron chi connectivity index (χ4n) is 4.10. The van der Waals surface area contributed by atoms with Gasteiger partial charge in [0.05, 0.1) is 17.5 Å². The summed E-state index contributed by atoms with van der Waals surface area (Å²) < 4.78 is 1.70. The molecule has 0 atom stereocenters. The molecule has 3 heterocycles. The van der Waals surface area contributed by atoms with Gasteiger partial charge in [-0.25, -0.2) is 4.99 Å². The van der Waals surface area contributed by atoms with Gasteiger partial charge < -0.3 is 15.4 Å². The molecule has 4 N–H and O–H groups in total. The Labute approximate surface area is 201 Å². The second-order valence-corrected chi connectivity index (χ2v) is 8.29. The van der Waals surface area contributed by atoms with E-state index < -0.39 is 0 Å². The monoisotopic (exact) mass is 467 g/mol. The van der Waals surface area contributed by atoms with Gasteiger partial charge in [-0.05, 0) is 61.7 Å². The highest BCUT2D eigenvalue weighted by Crippen LogP contribution is 2.28. The predicted octanol–water partition coefficient (Wildman–Crippen LogP) is 4.72. The van der Waals surface area contributed by atoms with Crippen molar-refractivity contribution in [1.82, 2.24) is 25.0 Å². The maximum absolute atomic E-state index is 12.8. The molecule has 0 saturated carbocycles. The van der Waals surface area contributed by atoms with Crippen molar-refractivity contribution in [1.29, 1.82) is 0 Å². The summed E-state index contributed by atoms with van der Waals surface area (Å²) in [7, 11) is 0. The normalized spacial score (nSPS) is 11.5. The highest BCUT2D eigenvalue weighted by molar-refractivity contribution is 6.03. The van der Waals surface area contributed by atoms with Crippen LogP contribution in [-0.4, -0.2) is 42.2 Å². The lowest BCUT2D eigenvalue weighted by atomic mass is 10.0. The number of fused-ring (bicyclic) bond motifs is 1. The summed E-state index contributed by atoms with van der Waals surface area (Å²) >= 11 is 0. The third-order valence-corrected chi connectivity index (χ3v) is 5.73. The summed E-state index contributed by atoms with van der Waals surface area (Å²) in [6, 6.07) is 17.3. The summed E-state index contributed by atoms with van der Waals surface area (Å²) in [5, 5.41) is 25.2. The lowest BCUT2D eigenvalue weighted by Crippen LogP contribution is -2.17. The van der Waals surface area contributed by atoms with Crippen LogP contribution in [0, 0.1) is 6.92 Å². The zero-order chi connectivity index (χ0) is 24.4. The van der Waals surface area contributed by atoms with Gasteiger partial charge in [-0.3, -0.25) is 14.6 Å². The molecule has 35 heavy (non-hydrogen) atoms. The van der Waals surface area contributed by atoms with E-state index in [2.05, 4.69) is 30.6 Å². The number of hydrogen-bond acceptors (Lipinski definition) is 5. The molecule has 9 heteroatoms. The fourth-order valence-corrected chi connectivity index (χ4v) is 4.10. The number of anilines is 1. The van der Waals surface area contributed by atoms with Crippen molar-refractivity contribution in [2.24, 2.45) is 4.99 Å². The standard InChI is InChI=1S/C26H25N7O2/c1-3-33-23(11-16(2)32-33)26(35)29-19-6-4-5-17(13-19)12-18-7-8-22-20(14-18)21(25(34)30-22)15-27-24-9-10-28-31-24/h4-11,13-15,30,34H,3,12H2,1-2H3,(H,28,31)(H,29,35)/b27-15+. The zero-order valence-electron chi connectivity index (χ0n) is 19.4. The van der Waals surface area contributed by atoms with Gasteiger partial charge in [0.15, 0.2) is 5.88 Å². The van der Waals surface area contributed by atoms with Gasteiger partial charge >= 0.3 is 0 Å². The van der Waals surface area contributed by atoms with E-state index in [9.17, 15) is 9.90 Å². The number of benzene rings is 2. The van der Waals surface area contributed by atoms with Crippen molar-refractivity contribution in [3.8, 4) is 5.88 Å². The van der Waals surface area contributed by atoms with Crippen LogP contribution < -0.4 is 5.32 Å². The van der Waals surface area contributed by atoms with Crippen molar-refractivity contribution in [2.45, 2.75) is 26.8 Å². The van der Waals surface area contributed by atoms with Crippen molar-refractivity contribution in [3.63, 3.8) is 0 Å². The molecule has 5 aromatic rings. The minimum Gasteiger partial charge on any atom is -0.494 e. The summed E-state index contributed by atoms with van der Waals surface area (Å²) in [4.78, 5) is 20.1. The number of aromatic amines is 2. The maximum atomic E-state index is 12.8. The number of aliphatic imine (C=N–C) groups is 1. The summed E-state index contributed by atoms with van der Waals surface area (Å²) in [6.07, 6.45) is 3.90. The van der Waals surface area contributed by atoms with Gasteiger partial charge in [-0.1, -0.05) is 18.2 Å². The second-order valence-electron chi connectivity index (χ2n) is 8.29. The molecule has 0 unspecified atom stereocenters. The summed E-state index contributed by atoms with van der Waals surface area (Å²) in [5.74, 6) is 0.479. The first kappa shape index (κ1) is 22.1.